The second-order valence-corrected chi connectivity index (χ2v) is 14.1. The Morgan fingerprint density at radius 2 is 1.15 bits per heavy atom. The number of carbonyl (C=O) groups is 4. The van der Waals surface area contributed by atoms with Crippen molar-refractivity contribution < 1.29 is 102 Å². The molecule has 5 rings (SSSR count). The van der Waals surface area contributed by atoms with Crippen molar-refractivity contribution in [2.24, 2.45) is 0 Å². The Morgan fingerprint density at radius 1 is 0.631 bits per heavy atom. The van der Waals surface area contributed by atoms with E-state index in [-0.39, 0.29) is 28.6 Å². The monoisotopic (exact) mass is 912 g/mol. The lowest BCUT2D eigenvalue weighted by molar-refractivity contribution is -0.383. The summed E-state index contributed by atoms with van der Waals surface area (Å²) < 4.78 is 53.9. The van der Waals surface area contributed by atoms with E-state index >= 15 is 0 Å². The summed E-state index contributed by atoms with van der Waals surface area (Å²) in [6, 6.07) is 13.1. The zero-order valence-corrected chi connectivity index (χ0v) is 35.2. The molecule has 0 bridgehead atoms. The smallest absolute Gasteiger partial charge is 0.336 e. The molecule has 350 valence electrons. The van der Waals surface area contributed by atoms with Crippen LogP contribution in [0.2, 0.25) is 0 Å². The predicted molar refractivity (Wildman–Crippen MR) is 221 cm³/mol. The van der Waals surface area contributed by atoms with Gasteiger partial charge in [-0.15, -0.1) is 0 Å². The predicted octanol–water partition coefficient (Wildman–Crippen LogP) is 0.409. The number of phenolic OH excluding ortho intramolecular Hbond substituents is 1. The topological polar surface area (TPSA) is 302 Å². The zero-order valence-electron chi connectivity index (χ0n) is 35.2. The molecule has 21 nitrogen and oxygen atoms in total. The molecule has 3 aromatic carbocycles. The van der Waals surface area contributed by atoms with Crippen molar-refractivity contribution in [3.63, 3.8) is 0 Å². The molecule has 0 amide bonds. The number of phenols is 1. The molecule has 9 atom stereocenters. The van der Waals surface area contributed by atoms with E-state index in [9.17, 15) is 54.9 Å². The maximum Gasteiger partial charge on any atom is 0.336 e. The first-order valence-corrected chi connectivity index (χ1v) is 19.6. The van der Waals surface area contributed by atoms with Gasteiger partial charge in [0.05, 0.1) is 34.5 Å². The SMILES string of the molecule is COc1cc(/C=C/C(=O)Oc2cc(/C=C/C(=O)O[C@H]3[C@H](O)[C@@H](CO)O[C@@]3(CO)O[C@H]3O[C@H](CO)[C@H](O)[C@H](OC(C)=O)[C@H]3O)ccc2OC(=O)/C=C/c2ccc(OC)c(OC)c2)ccc1O. The Bertz CT molecular complexity index is 2250. The first-order chi connectivity index (χ1) is 31.1. The molecule has 21 heteroatoms. The maximum absolute atomic E-state index is 13.3. The highest BCUT2D eigenvalue weighted by atomic mass is 16.8. The first-order valence-electron chi connectivity index (χ1n) is 19.6. The maximum atomic E-state index is 13.3. The van der Waals surface area contributed by atoms with Crippen molar-refractivity contribution in [3.8, 4) is 34.5 Å². The van der Waals surface area contributed by atoms with Gasteiger partial charge in [0.25, 0.3) is 0 Å². The summed E-state index contributed by atoms with van der Waals surface area (Å²) in [4.78, 5) is 51.1. The lowest BCUT2D eigenvalue weighted by atomic mass is 9.98. The van der Waals surface area contributed by atoms with Gasteiger partial charge in [-0.1, -0.05) is 18.2 Å². The van der Waals surface area contributed by atoms with Crippen LogP contribution in [0.5, 0.6) is 34.5 Å². The van der Waals surface area contributed by atoms with Gasteiger partial charge in [0.2, 0.25) is 5.79 Å². The van der Waals surface area contributed by atoms with Gasteiger partial charge in [-0.3, -0.25) is 4.79 Å². The molecule has 0 spiro atoms. The van der Waals surface area contributed by atoms with Crippen molar-refractivity contribution >= 4 is 42.1 Å². The van der Waals surface area contributed by atoms with E-state index in [2.05, 4.69) is 0 Å². The van der Waals surface area contributed by atoms with Gasteiger partial charge in [0.1, 0.15) is 37.1 Å². The Morgan fingerprint density at radius 3 is 1.71 bits per heavy atom. The highest BCUT2D eigenvalue weighted by molar-refractivity contribution is 5.92. The molecule has 0 aliphatic carbocycles. The van der Waals surface area contributed by atoms with E-state index in [4.69, 9.17) is 47.4 Å². The Balaban J connectivity index is 1.38. The van der Waals surface area contributed by atoms with Gasteiger partial charge < -0.3 is 83.1 Å². The van der Waals surface area contributed by atoms with Crippen LogP contribution in [0.15, 0.2) is 72.8 Å². The molecule has 2 aliphatic heterocycles. The lowest BCUT2D eigenvalue weighted by Gasteiger charge is -2.44. The summed E-state index contributed by atoms with van der Waals surface area (Å²) in [5.74, 6) is -6.07. The Kier molecular flexibility index (Phi) is 17.2. The number of carbonyl (C=O) groups excluding carboxylic acids is 4. The van der Waals surface area contributed by atoms with Crippen molar-refractivity contribution in [2.45, 2.75) is 61.7 Å². The van der Waals surface area contributed by atoms with Crippen LogP contribution >= 0.6 is 0 Å². The minimum Gasteiger partial charge on any atom is -0.504 e. The molecule has 2 saturated heterocycles. The Labute approximate surface area is 370 Å². The number of ether oxygens (including phenoxy) is 10. The molecule has 7 N–H and O–H groups in total. The molecule has 2 aliphatic rings. The van der Waals surface area contributed by atoms with Crippen LogP contribution in [-0.2, 0) is 42.9 Å². The third-order valence-electron chi connectivity index (χ3n) is 9.79. The molecule has 0 unspecified atom stereocenters. The summed E-state index contributed by atoms with van der Waals surface area (Å²) >= 11 is 0. The number of hydrogen-bond donors (Lipinski definition) is 7. The van der Waals surface area contributed by atoms with Crippen LogP contribution in [-0.4, -0.2) is 156 Å². The van der Waals surface area contributed by atoms with E-state index in [1.54, 1.807) is 18.2 Å². The minimum atomic E-state index is -2.55. The molecular formula is C44H48O21. The lowest BCUT2D eigenvalue weighted by Crippen LogP contribution is -2.63. The quantitative estimate of drug-likeness (QED) is 0.0516. The van der Waals surface area contributed by atoms with E-state index < -0.39 is 98.5 Å². The summed E-state index contributed by atoms with van der Waals surface area (Å²) in [6.45, 7) is -1.92. The van der Waals surface area contributed by atoms with E-state index in [0.29, 0.717) is 22.6 Å². The van der Waals surface area contributed by atoms with Gasteiger partial charge in [-0.2, -0.15) is 0 Å². The second-order valence-electron chi connectivity index (χ2n) is 14.1. The fourth-order valence-corrected chi connectivity index (χ4v) is 6.58. The van der Waals surface area contributed by atoms with Crippen molar-refractivity contribution in [1.82, 2.24) is 0 Å². The van der Waals surface area contributed by atoms with Gasteiger partial charge in [-0.05, 0) is 71.3 Å². The highest BCUT2D eigenvalue weighted by Gasteiger charge is 2.61. The van der Waals surface area contributed by atoms with Crippen LogP contribution in [0.1, 0.15) is 23.6 Å². The van der Waals surface area contributed by atoms with E-state index in [0.717, 1.165) is 25.2 Å². The molecule has 65 heavy (non-hydrogen) atoms. The average Bonchev–Trinajstić information content (AvgIpc) is 3.56. The number of aromatic hydroxyl groups is 1. The molecule has 0 aromatic heterocycles. The standard InChI is InChI=1S/C44H48O21/c1-23(48)59-41-38(53)33(20-45)62-43(40(41)55)65-44(22-47)42(39(54)34(21-46)64-44)63-37(52)16-10-26-7-13-29(60-35(50)14-9-25-6-12-28(56-2)31(18-25)58-4)32(19-26)61-36(51)15-8-24-5-11-27(49)30(17-24)57-3/h5-19,33-34,38-43,45-47,49,53-55H,20-22H2,1-4H3/b14-9+,15-8+,16-10+/t33-,34-,38+,39-,40-,41+,42+,43-,44+/m1/s1. The van der Waals surface area contributed by atoms with E-state index in [1.165, 1.54) is 76.0 Å². The summed E-state index contributed by atoms with van der Waals surface area (Å²) in [7, 11) is 4.28. The van der Waals surface area contributed by atoms with Crippen molar-refractivity contribution in [1.29, 1.82) is 0 Å². The minimum absolute atomic E-state index is 0.126. The molecule has 0 saturated carbocycles. The normalized spacial score (nSPS) is 25.4. The third kappa shape index (κ3) is 12.2. The first kappa shape index (κ1) is 49.6. The zero-order chi connectivity index (χ0) is 47.4. The largest absolute Gasteiger partial charge is 0.504 e. The molecular weight excluding hydrogens is 864 g/mol. The number of hydrogen-bond acceptors (Lipinski definition) is 21. The van der Waals surface area contributed by atoms with Crippen LogP contribution in [0.3, 0.4) is 0 Å². The van der Waals surface area contributed by atoms with Crippen LogP contribution in [0.4, 0.5) is 0 Å². The van der Waals surface area contributed by atoms with Gasteiger partial charge >= 0.3 is 23.9 Å². The molecule has 2 fully saturated rings. The number of methoxy groups -OCH3 is 3. The molecule has 3 aromatic rings. The summed E-state index contributed by atoms with van der Waals surface area (Å²) in [5, 5.41) is 72.6. The van der Waals surface area contributed by atoms with Crippen LogP contribution in [0, 0.1) is 0 Å². The summed E-state index contributed by atoms with van der Waals surface area (Å²) in [6.07, 6.45) is -7.15. The van der Waals surface area contributed by atoms with Crippen LogP contribution < -0.4 is 23.7 Å². The van der Waals surface area contributed by atoms with Gasteiger partial charge in [0.15, 0.2) is 53.0 Å². The third-order valence-corrected chi connectivity index (χ3v) is 9.79. The number of aliphatic hydroxyl groups excluding tert-OH is 6. The van der Waals surface area contributed by atoms with Gasteiger partial charge in [0, 0.05) is 25.2 Å². The fourth-order valence-electron chi connectivity index (χ4n) is 6.58. The number of aliphatic hydroxyl groups is 6. The molecule has 0 radical (unpaired) electrons. The highest BCUT2D eigenvalue weighted by Crippen LogP contribution is 2.39. The second kappa shape index (κ2) is 22.5. The van der Waals surface area contributed by atoms with E-state index in [1.807, 2.05) is 0 Å². The van der Waals surface area contributed by atoms with Crippen molar-refractivity contribution in [3.05, 3.63) is 89.5 Å². The number of rotatable bonds is 18. The average molecular weight is 913 g/mol. The Hall–Kier alpha value is -6.40. The van der Waals surface area contributed by atoms with Gasteiger partial charge in [-0.25, -0.2) is 14.4 Å². The molecule has 2 heterocycles. The van der Waals surface area contributed by atoms with Crippen LogP contribution in [0.25, 0.3) is 18.2 Å². The number of esters is 4. The fraction of sp³-hybridized carbons (Fsp3) is 0.364. The van der Waals surface area contributed by atoms with Crippen molar-refractivity contribution in [2.75, 3.05) is 41.2 Å². The number of benzene rings is 3. The summed E-state index contributed by atoms with van der Waals surface area (Å²) in [5.41, 5.74) is 1.19.